The van der Waals surface area contributed by atoms with Crippen LogP contribution in [-0.2, 0) is 21.0 Å². The number of fused-ring (bicyclic) bond motifs is 1. The number of nitrogens with one attached hydrogen (secondary N) is 3. The Morgan fingerprint density at radius 2 is 2.17 bits per heavy atom. The molecule has 0 saturated heterocycles. The number of aromatic amines is 1. The third-order valence-corrected chi connectivity index (χ3v) is 7.39. The van der Waals surface area contributed by atoms with Crippen LogP contribution in [0.4, 0.5) is 15.9 Å². The van der Waals surface area contributed by atoms with Gasteiger partial charge in [0.15, 0.2) is 27.4 Å². The summed E-state index contributed by atoms with van der Waals surface area (Å²) < 4.78 is 44.6. The summed E-state index contributed by atoms with van der Waals surface area (Å²) in [4.78, 5) is 0.0961. The van der Waals surface area contributed by atoms with Crippen molar-refractivity contribution >= 4 is 21.3 Å². The lowest BCUT2D eigenvalue weighted by Crippen LogP contribution is -2.25. The number of benzene rings is 1. The predicted octanol–water partition coefficient (Wildman–Crippen LogP) is 3.74. The maximum Gasteiger partial charge on any atom is 0.179 e. The van der Waals surface area contributed by atoms with Gasteiger partial charge in [0, 0.05) is 29.3 Å². The average Bonchev–Trinajstić information content (AvgIpc) is 3.36. The van der Waals surface area contributed by atoms with E-state index in [1.165, 1.54) is 12.1 Å². The summed E-state index contributed by atoms with van der Waals surface area (Å²) in [6.45, 7) is 7.98. The molecule has 7 nitrogen and oxygen atoms in total. The molecule has 2 atom stereocenters. The Bertz CT molecular complexity index is 1060. The quantitative estimate of drug-likeness (QED) is 0.575. The molecular weight excluding hydrogens is 407 g/mol. The van der Waals surface area contributed by atoms with Crippen molar-refractivity contribution in [3.8, 4) is 0 Å². The summed E-state index contributed by atoms with van der Waals surface area (Å²) in [6.07, 6.45) is 3.05. The van der Waals surface area contributed by atoms with Gasteiger partial charge >= 0.3 is 0 Å². The highest BCUT2D eigenvalue weighted by molar-refractivity contribution is 7.91. The standard InChI is InChI=1S/C21H27FN4O3S/c1-12(2)23-13(3)29-15-5-4-14(10-15)18-11-20(26-25-18)24-17-6-7-19-16(21(17)22)8-9-30(19,27)28/h6-7,11-12,14-15,23H,3-5,8-10H2,1-2H3,(H2,24,25,26)/t14-,15+/m0/s1. The average molecular weight is 435 g/mol. The first-order valence-electron chi connectivity index (χ1n) is 10.2. The van der Waals surface area contributed by atoms with Crippen LogP contribution in [0.3, 0.4) is 0 Å². The Labute approximate surface area is 176 Å². The van der Waals surface area contributed by atoms with Gasteiger partial charge in [-0.1, -0.05) is 0 Å². The van der Waals surface area contributed by atoms with Crippen molar-refractivity contribution in [2.45, 2.75) is 62.5 Å². The van der Waals surface area contributed by atoms with Crippen LogP contribution in [0.15, 0.2) is 35.6 Å². The van der Waals surface area contributed by atoms with Crippen molar-refractivity contribution in [1.29, 1.82) is 0 Å². The molecule has 162 valence electrons. The van der Waals surface area contributed by atoms with Crippen LogP contribution >= 0.6 is 0 Å². The van der Waals surface area contributed by atoms with Gasteiger partial charge in [0.05, 0.1) is 16.3 Å². The van der Waals surface area contributed by atoms with E-state index in [-0.39, 0.29) is 46.4 Å². The Balaban J connectivity index is 1.41. The second-order valence-electron chi connectivity index (χ2n) is 8.28. The largest absolute Gasteiger partial charge is 0.476 e. The molecule has 4 rings (SSSR count). The predicted molar refractivity (Wildman–Crippen MR) is 113 cm³/mol. The monoisotopic (exact) mass is 434 g/mol. The van der Waals surface area contributed by atoms with E-state index in [9.17, 15) is 12.8 Å². The van der Waals surface area contributed by atoms with Gasteiger partial charge in [-0.2, -0.15) is 5.10 Å². The number of nitrogens with zero attached hydrogens (tertiary/aromatic N) is 1. The lowest BCUT2D eigenvalue weighted by atomic mass is 10.0. The first kappa shape index (κ1) is 20.7. The van der Waals surface area contributed by atoms with Crippen LogP contribution in [-0.4, -0.2) is 36.5 Å². The molecule has 0 amide bonds. The molecule has 2 heterocycles. The van der Waals surface area contributed by atoms with E-state index in [2.05, 4.69) is 27.4 Å². The molecule has 0 bridgehead atoms. The van der Waals surface area contributed by atoms with Crippen LogP contribution < -0.4 is 10.6 Å². The molecule has 0 spiro atoms. The first-order valence-corrected chi connectivity index (χ1v) is 11.9. The molecule has 2 aliphatic rings. The Morgan fingerprint density at radius 1 is 1.37 bits per heavy atom. The molecule has 1 saturated carbocycles. The van der Waals surface area contributed by atoms with Crippen LogP contribution in [0.25, 0.3) is 0 Å². The Morgan fingerprint density at radius 3 is 2.93 bits per heavy atom. The van der Waals surface area contributed by atoms with Crippen LogP contribution in [0.5, 0.6) is 0 Å². The molecule has 3 N–H and O–H groups in total. The maximum absolute atomic E-state index is 14.8. The molecular formula is C21H27FN4O3S. The highest BCUT2D eigenvalue weighted by Gasteiger charge is 2.31. The van der Waals surface area contributed by atoms with Gasteiger partial charge < -0.3 is 15.4 Å². The molecule has 30 heavy (non-hydrogen) atoms. The zero-order valence-electron chi connectivity index (χ0n) is 17.2. The van der Waals surface area contributed by atoms with Crippen LogP contribution in [0.2, 0.25) is 0 Å². The molecule has 1 aliphatic carbocycles. The first-order chi connectivity index (χ1) is 14.2. The van der Waals surface area contributed by atoms with E-state index in [1.807, 2.05) is 19.9 Å². The highest BCUT2D eigenvalue weighted by Crippen LogP contribution is 2.37. The number of H-pyrrole nitrogens is 1. The second-order valence-corrected chi connectivity index (χ2v) is 10.4. The molecule has 1 aromatic heterocycles. The number of halogens is 1. The number of hydrogen-bond acceptors (Lipinski definition) is 6. The molecule has 1 aromatic carbocycles. The minimum atomic E-state index is -3.36. The number of sulfone groups is 1. The number of aromatic nitrogens is 2. The molecule has 2 aromatic rings. The van der Waals surface area contributed by atoms with Gasteiger partial charge in [-0.15, -0.1) is 0 Å². The van der Waals surface area contributed by atoms with Gasteiger partial charge in [-0.3, -0.25) is 5.10 Å². The number of anilines is 2. The third-order valence-electron chi connectivity index (χ3n) is 5.60. The van der Waals surface area contributed by atoms with Gasteiger partial charge in [0.2, 0.25) is 0 Å². The summed E-state index contributed by atoms with van der Waals surface area (Å²) in [5, 5.41) is 13.4. The maximum atomic E-state index is 14.8. The lowest BCUT2D eigenvalue weighted by molar-refractivity contribution is 0.104. The van der Waals surface area contributed by atoms with Gasteiger partial charge in [-0.25, -0.2) is 12.8 Å². The summed E-state index contributed by atoms with van der Waals surface area (Å²) in [7, 11) is -3.36. The smallest absolute Gasteiger partial charge is 0.179 e. The highest BCUT2D eigenvalue weighted by atomic mass is 32.2. The van der Waals surface area contributed by atoms with Crippen molar-refractivity contribution < 1.29 is 17.5 Å². The van der Waals surface area contributed by atoms with Gasteiger partial charge in [0.1, 0.15) is 6.10 Å². The minimum absolute atomic E-state index is 0.0424. The summed E-state index contributed by atoms with van der Waals surface area (Å²) in [5.41, 5.74) is 1.45. The summed E-state index contributed by atoms with van der Waals surface area (Å²) in [6, 6.07) is 5.07. The Kier molecular flexibility index (Phi) is 5.48. The minimum Gasteiger partial charge on any atom is -0.476 e. The van der Waals surface area contributed by atoms with Crippen molar-refractivity contribution in [3.63, 3.8) is 0 Å². The number of rotatable bonds is 7. The summed E-state index contributed by atoms with van der Waals surface area (Å²) in [5.74, 6) is 0.805. The summed E-state index contributed by atoms with van der Waals surface area (Å²) >= 11 is 0. The Hall–Kier alpha value is -2.55. The van der Waals surface area contributed by atoms with Gasteiger partial charge in [0.25, 0.3) is 0 Å². The fraction of sp³-hybridized carbons (Fsp3) is 0.476. The van der Waals surface area contributed by atoms with E-state index < -0.39 is 15.7 Å². The van der Waals surface area contributed by atoms with Crippen molar-refractivity contribution in [2.24, 2.45) is 0 Å². The molecule has 1 aliphatic heterocycles. The van der Waals surface area contributed by atoms with E-state index in [0.29, 0.717) is 11.7 Å². The van der Waals surface area contributed by atoms with Crippen LogP contribution in [0, 0.1) is 5.82 Å². The fourth-order valence-electron chi connectivity index (χ4n) is 4.21. The van der Waals surface area contributed by atoms with Crippen molar-refractivity contribution in [2.75, 3.05) is 11.1 Å². The topological polar surface area (TPSA) is 96.1 Å². The zero-order chi connectivity index (χ0) is 21.5. The van der Waals surface area contributed by atoms with Crippen molar-refractivity contribution in [3.05, 3.63) is 47.7 Å². The van der Waals surface area contributed by atoms with Crippen LogP contribution in [0.1, 0.15) is 50.3 Å². The number of ether oxygens (including phenoxy) is 1. The zero-order valence-corrected chi connectivity index (χ0v) is 18.0. The second kappa shape index (κ2) is 7.94. The molecule has 0 unspecified atom stereocenters. The SMILES string of the molecule is C=C(NC(C)C)O[C@@H]1CC[C@H](c2cc(Nc3ccc4c(c3F)CCS4(=O)=O)n[nH]2)C1. The van der Waals surface area contributed by atoms with E-state index in [4.69, 9.17) is 4.74 Å². The molecule has 0 radical (unpaired) electrons. The van der Waals surface area contributed by atoms with E-state index >= 15 is 0 Å². The lowest BCUT2D eigenvalue weighted by Gasteiger charge is -2.18. The third kappa shape index (κ3) is 4.16. The normalized spacial score (nSPS) is 22.1. The fourth-order valence-corrected chi connectivity index (χ4v) is 5.74. The van der Waals surface area contributed by atoms with Crippen molar-refractivity contribution in [1.82, 2.24) is 15.5 Å². The van der Waals surface area contributed by atoms with E-state index in [1.54, 1.807) is 0 Å². The van der Waals surface area contributed by atoms with Gasteiger partial charge in [-0.05, 0) is 58.2 Å². The number of hydrogen-bond donors (Lipinski definition) is 3. The molecule has 9 heteroatoms. The van der Waals surface area contributed by atoms with E-state index in [0.717, 1.165) is 25.0 Å². The molecule has 1 fully saturated rings.